The third kappa shape index (κ3) is 19.9. The molecule has 1 saturated heterocycles. The minimum absolute atomic E-state index is 0. The van der Waals surface area contributed by atoms with Crippen LogP contribution in [0.4, 0.5) is 17.6 Å². The molecule has 1 saturated carbocycles. The summed E-state index contributed by atoms with van der Waals surface area (Å²) in [5, 5.41) is 0. The zero-order valence-corrected chi connectivity index (χ0v) is 33.8. The van der Waals surface area contributed by atoms with Crippen molar-refractivity contribution in [2.24, 2.45) is 17.8 Å². The molecule has 0 unspecified atom stereocenters. The molecule has 1 aliphatic heterocycles. The SMILES string of the molecule is CC1CCC(C)CC1.CC1COC(C)OC1.Cc1ccc(C)c(F)c1.Cc1ccc(C)c(F)c1.Cc1ccc(C)c(F)c1F.Cc1ccc(C)cc1.[HH]. The molecule has 0 spiro atoms. The van der Waals surface area contributed by atoms with Crippen LogP contribution in [0.5, 0.6) is 0 Å². The topological polar surface area (TPSA) is 18.5 Å². The summed E-state index contributed by atoms with van der Waals surface area (Å²) >= 11 is 0. The Morgan fingerprint density at radius 2 is 0.712 bits per heavy atom. The molecule has 4 aromatic rings. The molecule has 2 fully saturated rings. The molecule has 2 aliphatic rings. The van der Waals surface area contributed by atoms with Crippen LogP contribution in [0.1, 0.15) is 99.3 Å². The van der Waals surface area contributed by atoms with Crippen molar-refractivity contribution in [1.29, 1.82) is 0 Å². The monoisotopic (exact) mass is 726 g/mol. The molecule has 6 rings (SSSR count). The van der Waals surface area contributed by atoms with E-state index in [1.807, 2.05) is 32.9 Å². The molecular formula is C46H66F4O2. The first-order valence-electron chi connectivity index (χ1n) is 18.5. The van der Waals surface area contributed by atoms with Crippen LogP contribution in [0.3, 0.4) is 0 Å². The molecule has 290 valence electrons. The second-order valence-electron chi connectivity index (χ2n) is 14.7. The fourth-order valence-electron chi connectivity index (χ4n) is 4.90. The zero-order chi connectivity index (χ0) is 39.4. The molecule has 1 aliphatic carbocycles. The summed E-state index contributed by atoms with van der Waals surface area (Å²) in [7, 11) is 0. The van der Waals surface area contributed by atoms with Crippen LogP contribution < -0.4 is 0 Å². The Balaban J connectivity index is 0.000000611. The summed E-state index contributed by atoms with van der Waals surface area (Å²) in [4.78, 5) is 0. The lowest BCUT2D eigenvalue weighted by Gasteiger charge is -2.24. The van der Waals surface area contributed by atoms with Crippen LogP contribution in [-0.4, -0.2) is 19.5 Å². The highest BCUT2D eigenvalue weighted by atomic mass is 19.2. The smallest absolute Gasteiger partial charge is 0.161 e. The minimum atomic E-state index is -0.736. The van der Waals surface area contributed by atoms with Crippen molar-refractivity contribution >= 4 is 0 Å². The van der Waals surface area contributed by atoms with Crippen molar-refractivity contribution in [3.05, 3.63) is 141 Å². The second-order valence-corrected chi connectivity index (χ2v) is 14.7. The third-order valence-electron chi connectivity index (χ3n) is 8.88. The van der Waals surface area contributed by atoms with Crippen LogP contribution in [0.25, 0.3) is 0 Å². The second kappa shape index (κ2) is 24.7. The summed E-state index contributed by atoms with van der Waals surface area (Å²) in [5.74, 6) is 0.911. The normalized spacial score (nSPS) is 18.9. The number of benzene rings is 4. The number of hydrogen-bond acceptors (Lipinski definition) is 2. The standard InChI is InChI=1S/C8H8F2.2C8H9F.C8H16.C8H10.C6H12O2.H2/c1-5-3-4-6(2)8(10)7(5)9;2*1-6-3-4-7(2)8(9)5-6;2*1-7-3-5-8(2)6-4-7;1-5-3-7-6(2)8-4-5;/h3-4H,1-2H3;2*3-5H,1-2H3;7-8H,3-6H2,1-2H3;3-6H,1-2H3;5-6H,3-4H2,1-2H3;1H. The Labute approximate surface area is 314 Å². The van der Waals surface area contributed by atoms with Crippen LogP contribution in [0.2, 0.25) is 0 Å². The molecular weight excluding hydrogens is 660 g/mol. The van der Waals surface area contributed by atoms with Gasteiger partial charge in [0.25, 0.3) is 0 Å². The maximum absolute atomic E-state index is 12.6. The molecule has 0 aromatic heterocycles. The zero-order valence-electron chi connectivity index (χ0n) is 33.8. The first-order chi connectivity index (χ1) is 24.4. The number of ether oxygens (including phenoxy) is 2. The summed E-state index contributed by atoms with van der Waals surface area (Å²) < 4.78 is 60.7. The minimum Gasteiger partial charge on any atom is -0.353 e. The molecule has 0 bridgehead atoms. The van der Waals surface area contributed by atoms with Crippen molar-refractivity contribution < 1.29 is 28.5 Å². The van der Waals surface area contributed by atoms with Gasteiger partial charge in [-0.2, -0.15) is 0 Å². The molecule has 4 aromatic carbocycles. The van der Waals surface area contributed by atoms with Gasteiger partial charge < -0.3 is 9.47 Å². The molecule has 0 atom stereocenters. The Hall–Kier alpha value is -3.48. The Morgan fingerprint density at radius 1 is 0.423 bits per heavy atom. The van der Waals surface area contributed by atoms with Crippen molar-refractivity contribution in [2.75, 3.05) is 13.2 Å². The van der Waals surface area contributed by atoms with Gasteiger partial charge in [-0.05, 0) is 120 Å². The van der Waals surface area contributed by atoms with Gasteiger partial charge in [0.05, 0.1) is 13.2 Å². The van der Waals surface area contributed by atoms with E-state index in [0.717, 1.165) is 36.2 Å². The van der Waals surface area contributed by atoms with E-state index < -0.39 is 11.6 Å². The van der Waals surface area contributed by atoms with Crippen molar-refractivity contribution in [2.45, 2.75) is 115 Å². The van der Waals surface area contributed by atoms with Gasteiger partial charge in [0, 0.05) is 7.34 Å². The molecule has 1 heterocycles. The molecule has 52 heavy (non-hydrogen) atoms. The summed E-state index contributed by atoms with van der Waals surface area (Å²) in [6, 6.07) is 22.0. The van der Waals surface area contributed by atoms with Gasteiger partial charge in [-0.15, -0.1) is 0 Å². The number of halogens is 4. The first-order valence-corrected chi connectivity index (χ1v) is 18.5. The fourth-order valence-corrected chi connectivity index (χ4v) is 4.90. The van der Waals surface area contributed by atoms with E-state index in [9.17, 15) is 17.6 Å². The molecule has 0 amide bonds. The highest BCUT2D eigenvalue weighted by molar-refractivity contribution is 5.24. The summed E-state index contributed by atoms with van der Waals surface area (Å²) in [6.45, 7) is 25.0. The van der Waals surface area contributed by atoms with Crippen LogP contribution in [0.15, 0.2) is 72.8 Å². The number of hydrogen-bond donors (Lipinski definition) is 0. The Kier molecular flexibility index (Phi) is 22.1. The van der Waals surface area contributed by atoms with E-state index in [0.29, 0.717) is 28.2 Å². The van der Waals surface area contributed by atoms with E-state index in [4.69, 9.17) is 9.47 Å². The molecule has 6 heteroatoms. The van der Waals surface area contributed by atoms with Crippen molar-refractivity contribution in [3.63, 3.8) is 0 Å². The Bertz CT molecular complexity index is 1440. The first kappa shape index (κ1) is 46.5. The van der Waals surface area contributed by atoms with Gasteiger partial charge in [0.1, 0.15) is 11.6 Å². The van der Waals surface area contributed by atoms with Gasteiger partial charge in [-0.1, -0.05) is 118 Å². The van der Waals surface area contributed by atoms with Gasteiger partial charge in [0.2, 0.25) is 0 Å². The van der Waals surface area contributed by atoms with Gasteiger partial charge in [-0.25, -0.2) is 17.6 Å². The fraction of sp³-hybridized carbons (Fsp3) is 0.478. The highest BCUT2D eigenvalue weighted by Gasteiger charge is 2.14. The van der Waals surface area contributed by atoms with E-state index in [1.165, 1.54) is 62.8 Å². The average molecular weight is 727 g/mol. The lowest BCUT2D eigenvalue weighted by Crippen LogP contribution is -2.27. The predicted octanol–water partition coefficient (Wildman–Crippen LogP) is 13.9. The maximum Gasteiger partial charge on any atom is 0.161 e. The van der Waals surface area contributed by atoms with E-state index in [-0.39, 0.29) is 19.4 Å². The van der Waals surface area contributed by atoms with Gasteiger partial charge >= 0.3 is 0 Å². The van der Waals surface area contributed by atoms with Crippen molar-refractivity contribution in [3.8, 4) is 0 Å². The van der Waals surface area contributed by atoms with Gasteiger partial charge in [-0.3, -0.25) is 0 Å². The molecule has 0 radical (unpaired) electrons. The Morgan fingerprint density at radius 3 is 0.981 bits per heavy atom. The van der Waals surface area contributed by atoms with E-state index in [2.05, 4.69) is 58.9 Å². The maximum atomic E-state index is 12.6. The third-order valence-corrected chi connectivity index (χ3v) is 8.88. The van der Waals surface area contributed by atoms with E-state index >= 15 is 0 Å². The quantitative estimate of drug-likeness (QED) is 0.168. The highest BCUT2D eigenvalue weighted by Crippen LogP contribution is 2.27. The van der Waals surface area contributed by atoms with E-state index in [1.54, 1.807) is 38.1 Å². The average Bonchev–Trinajstić information content (AvgIpc) is 3.11. The van der Waals surface area contributed by atoms with Gasteiger partial charge in [0.15, 0.2) is 17.9 Å². The van der Waals surface area contributed by atoms with Crippen LogP contribution in [0, 0.1) is 96.4 Å². The van der Waals surface area contributed by atoms with Crippen LogP contribution >= 0.6 is 0 Å². The predicted molar refractivity (Wildman–Crippen MR) is 213 cm³/mol. The molecule has 0 N–H and O–H groups in total. The summed E-state index contributed by atoms with van der Waals surface area (Å²) in [5.41, 5.74) is 6.72. The van der Waals surface area contributed by atoms with Crippen LogP contribution in [-0.2, 0) is 9.47 Å². The number of aryl methyl sites for hydroxylation is 8. The lowest BCUT2D eigenvalue weighted by atomic mass is 9.84. The lowest BCUT2D eigenvalue weighted by molar-refractivity contribution is -0.187. The molecule has 2 nitrogen and oxygen atoms in total. The summed E-state index contributed by atoms with van der Waals surface area (Å²) in [6.07, 6.45) is 5.91. The van der Waals surface area contributed by atoms with Crippen molar-refractivity contribution in [1.82, 2.24) is 0 Å². The number of rotatable bonds is 0. The largest absolute Gasteiger partial charge is 0.353 e.